The lowest BCUT2D eigenvalue weighted by atomic mass is 9.49. The third-order valence-electron chi connectivity index (χ3n) is 4.33. The quantitative estimate of drug-likeness (QED) is 0.620. The lowest BCUT2D eigenvalue weighted by molar-refractivity contribution is -0.171. The second-order valence-electron chi connectivity index (χ2n) is 4.86. The van der Waals surface area contributed by atoms with E-state index in [1.165, 1.54) is 6.42 Å². The molecule has 0 aromatic rings. The van der Waals surface area contributed by atoms with Gasteiger partial charge in [0.2, 0.25) is 0 Å². The van der Waals surface area contributed by atoms with Crippen molar-refractivity contribution >= 4 is 5.78 Å². The van der Waals surface area contributed by atoms with Crippen molar-refractivity contribution in [2.45, 2.75) is 45.6 Å². The summed E-state index contributed by atoms with van der Waals surface area (Å²) in [6.45, 7) is 4.33. The Bertz CT molecular complexity index is 224. The van der Waals surface area contributed by atoms with E-state index in [1.807, 2.05) is 0 Å². The zero-order valence-corrected chi connectivity index (χ0v) is 8.42. The first-order chi connectivity index (χ1) is 6.09. The fourth-order valence-electron chi connectivity index (χ4n) is 3.31. The molecule has 0 aromatic carbocycles. The van der Waals surface area contributed by atoms with E-state index in [-0.39, 0.29) is 11.2 Å². The SMILES string of the molecule is CC1CCCC(C)C12CC(O)C2=O. The first kappa shape index (κ1) is 9.20. The van der Waals surface area contributed by atoms with Gasteiger partial charge in [-0.15, -0.1) is 0 Å². The third-order valence-corrected chi connectivity index (χ3v) is 4.33. The Labute approximate surface area is 79.3 Å². The van der Waals surface area contributed by atoms with Crippen LogP contribution in [0.4, 0.5) is 0 Å². The lowest BCUT2D eigenvalue weighted by Crippen LogP contribution is -2.60. The molecule has 2 rings (SSSR count). The molecule has 2 fully saturated rings. The highest BCUT2D eigenvalue weighted by atomic mass is 16.3. The molecule has 0 heterocycles. The van der Waals surface area contributed by atoms with Crippen molar-refractivity contribution in [2.24, 2.45) is 17.3 Å². The van der Waals surface area contributed by atoms with Crippen molar-refractivity contribution in [1.29, 1.82) is 0 Å². The number of aliphatic hydroxyl groups excluding tert-OH is 1. The van der Waals surface area contributed by atoms with Gasteiger partial charge < -0.3 is 5.11 Å². The molecule has 3 unspecified atom stereocenters. The van der Waals surface area contributed by atoms with Crippen LogP contribution >= 0.6 is 0 Å². The zero-order chi connectivity index (χ0) is 9.64. The van der Waals surface area contributed by atoms with Gasteiger partial charge in [0.25, 0.3) is 0 Å². The Morgan fingerprint density at radius 1 is 1.31 bits per heavy atom. The number of Topliss-reactive ketones (excluding diaryl/α,β-unsaturated/α-hetero) is 1. The Morgan fingerprint density at radius 2 is 1.85 bits per heavy atom. The number of hydrogen-bond acceptors (Lipinski definition) is 2. The molecule has 2 heteroatoms. The molecule has 1 spiro atoms. The molecule has 13 heavy (non-hydrogen) atoms. The van der Waals surface area contributed by atoms with E-state index in [1.54, 1.807) is 0 Å². The standard InChI is InChI=1S/C11H18O2/c1-7-4-3-5-8(2)11(7)6-9(12)10(11)13/h7-9,12H,3-6H2,1-2H3. The minimum absolute atomic E-state index is 0.118. The van der Waals surface area contributed by atoms with Crippen LogP contribution in [0.1, 0.15) is 39.5 Å². The average Bonchev–Trinajstić information content (AvgIpc) is 2.11. The van der Waals surface area contributed by atoms with E-state index < -0.39 is 6.10 Å². The van der Waals surface area contributed by atoms with Crippen molar-refractivity contribution in [3.05, 3.63) is 0 Å². The number of aliphatic hydroxyl groups is 1. The minimum atomic E-state index is -0.650. The Kier molecular flexibility index (Phi) is 1.99. The molecule has 0 aromatic heterocycles. The van der Waals surface area contributed by atoms with Gasteiger partial charge in [0, 0.05) is 5.41 Å². The number of carbonyl (C=O) groups excluding carboxylic acids is 1. The minimum Gasteiger partial charge on any atom is -0.385 e. The van der Waals surface area contributed by atoms with E-state index in [9.17, 15) is 9.90 Å². The molecular weight excluding hydrogens is 164 g/mol. The van der Waals surface area contributed by atoms with E-state index in [0.717, 1.165) is 12.8 Å². The van der Waals surface area contributed by atoms with Crippen LogP contribution < -0.4 is 0 Å². The molecule has 0 aliphatic heterocycles. The maximum Gasteiger partial charge on any atom is 0.168 e. The summed E-state index contributed by atoms with van der Waals surface area (Å²) >= 11 is 0. The highest BCUT2D eigenvalue weighted by Crippen LogP contribution is 2.55. The van der Waals surface area contributed by atoms with Crippen molar-refractivity contribution < 1.29 is 9.90 Å². The molecule has 0 bridgehead atoms. The van der Waals surface area contributed by atoms with Crippen LogP contribution in [0, 0.1) is 17.3 Å². The molecule has 0 radical (unpaired) electrons. The summed E-state index contributed by atoms with van der Waals surface area (Å²) in [6, 6.07) is 0. The molecule has 2 saturated carbocycles. The summed E-state index contributed by atoms with van der Waals surface area (Å²) < 4.78 is 0. The van der Waals surface area contributed by atoms with Gasteiger partial charge in [0.05, 0.1) is 0 Å². The first-order valence-electron chi connectivity index (χ1n) is 5.31. The van der Waals surface area contributed by atoms with E-state index in [0.29, 0.717) is 18.3 Å². The predicted molar refractivity (Wildman–Crippen MR) is 50.2 cm³/mol. The van der Waals surface area contributed by atoms with Crippen LogP contribution in [0.15, 0.2) is 0 Å². The summed E-state index contributed by atoms with van der Waals surface area (Å²) in [7, 11) is 0. The molecule has 3 atom stereocenters. The molecule has 2 aliphatic rings. The van der Waals surface area contributed by atoms with Crippen LogP contribution in [0.25, 0.3) is 0 Å². The summed E-state index contributed by atoms with van der Waals surface area (Å²) in [5.74, 6) is 1.08. The molecule has 74 valence electrons. The van der Waals surface area contributed by atoms with Gasteiger partial charge in [0.1, 0.15) is 6.10 Å². The van der Waals surface area contributed by atoms with E-state index >= 15 is 0 Å². The fraction of sp³-hybridized carbons (Fsp3) is 0.909. The van der Waals surface area contributed by atoms with Gasteiger partial charge in [-0.1, -0.05) is 20.3 Å². The van der Waals surface area contributed by atoms with Crippen LogP contribution in [0.5, 0.6) is 0 Å². The lowest BCUT2D eigenvalue weighted by Gasteiger charge is -2.54. The van der Waals surface area contributed by atoms with Gasteiger partial charge in [0.15, 0.2) is 5.78 Å². The summed E-state index contributed by atoms with van der Waals surface area (Å²) in [5, 5.41) is 9.32. The van der Waals surface area contributed by atoms with Crippen LogP contribution in [-0.4, -0.2) is 17.0 Å². The first-order valence-corrected chi connectivity index (χ1v) is 5.31. The van der Waals surface area contributed by atoms with E-state index in [4.69, 9.17) is 0 Å². The molecule has 0 saturated heterocycles. The summed E-state index contributed by atoms with van der Waals surface area (Å²) in [4.78, 5) is 11.7. The van der Waals surface area contributed by atoms with Crippen molar-refractivity contribution in [2.75, 3.05) is 0 Å². The molecule has 1 N–H and O–H groups in total. The molecular formula is C11H18O2. The van der Waals surface area contributed by atoms with Crippen LogP contribution in [-0.2, 0) is 4.79 Å². The Hall–Kier alpha value is -0.370. The second kappa shape index (κ2) is 2.81. The van der Waals surface area contributed by atoms with Gasteiger partial charge >= 0.3 is 0 Å². The summed E-state index contributed by atoms with van der Waals surface area (Å²) in [5.41, 5.74) is -0.141. The average molecular weight is 182 g/mol. The second-order valence-corrected chi connectivity index (χ2v) is 4.86. The highest BCUT2D eigenvalue weighted by Gasteiger charge is 2.59. The Balaban J connectivity index is 2.23. The van der Waals surface area contributed by atoms with Gasteiger partial charge in [-0.2, -0.15) is 0 Å². The van der Waals surface area contributed by atoms with E-state index in [2.05, 4.69) is 13.8 Å². The maximum atomic E-state index is 11.7. The van der Waals surface area contributed by atoms with Gasteiger partial charge in [-0.25, -0.2) is 0 Å². The fourth-order valence-corrected chi connectivity index (χ4v) is 3.31. The number of hydrogen-bond donors (Lipinski definition) is 1. The zero-order valence-electron chi connectivity index (χ0n) is 8.42. The summed E-state index contributed by atoms with van der Waals surface area (Å²) in [6.07, 6.45) is 3.62. The smallest absolute Gasteiger partial charge is 0.168 e. The monoisotopic (exact) mass is 182 g/mol. The van der Waals surface area contributed by atoms with Gasteiger partial charge in [-0.3, -0.25) is 4.79 Å². The number of ketones is 1. The number of rotatable bonds is 0. The topological polar surface area (TPSA) is 37.3 Å². The Morgan fingerprint density at radius 3 is 2.23 bits per heavy atom. The predicted octanol–water partition coefficient (Wildman–Crippen LogP) is 1.76. The normalized spacial score (nSPS) is 50.7. The highest BCUT2D eigenvalue weighted by molar-refractivity contribution is 5.95. The van der Waals surface area contributed by atoms with Crippen LogP contribution in [0.2, 0.25) is 0 Å². The van der Waals surface area contributed by atoms with Crippen molar-refractivity contribution in [3.8, 4) is 0 Å². The van der Waals surface area contributed by atoms with Crippen LogP contribution in [0.3, 0.4) is 0 Å². The molecule has 0 amide bonds. The van der Waals surface area contributed by atoms with Gasteiger partial charge in [-0.05, 0) is 31.1 Å². The largest absolute Gasteiger partial charge is 0.385 e. The maximum absolute atomic E-state index is 11.7. The third kappa shape index (κ3) is 1.01. The van der Waals surface area contributed by atoms with Crippen molar-refractivity contribution in [1.82, 2.24) is 0 Å². The molecule has 2 aliphatic carbocycles. The number of carbonyl (C=O) groups is 1. The van der Waals surface area contributed by atoms with Crippen molar-refractivity contribution in [3.63, 3.8) is 0 Å². The molecule has 2 nitrogen and oxygen atoms in total.